The maximum Gasteiger partial charge on any atom is 0.0915 e. The Balaban J connectivity index is 2.37. The molecule has 0 fully saturated rings. The second-order valence-electron chi connectivity index (χ2n) is 3.60. The van der Waals surface area contributed by atoms with Gasteiger partial charge in [-0.15, -0.1) is 0 Å². The zero-order chi connectivity index (χ0) is 9.31. The largest absolute Gasteiger partial charge is 0.385 e. The maximum absolute atomic E-state index is 10.2. The van der Waals surface area contributed by atoms with Gasteiger partial charge in [0.25, 0.3) is 0 Å². The van der Waals surface area contributed by atoms with Crippen LogP contribution in [0.4, 0.5) is 0 Å². The molecule has 0 saturated carbocycles. The van der Waals surface area contributed by atoms with Crippen molar-refractivity contribution in [2.24, 2.45) is 5.73 Å². The Morgan fingerprint density at radius 2 is 2.46 bits per heavy atom. The molecular weight excluding hydrogens is 164 g/mol. The molecule has 0 bridgehead atoms. The Bertz CT molecular complexity index is 310. The van der Waals surface area contributed by atoms with Crippen molar-refractivity contribution in [1.82, 2.24) is 4.98 Å². The van der Waals surface area contributed by atoms with Gasteiger partial charge in [0.15, 0.2) is 0 Å². The van der Waals surface area contributed by atoms with Crippen LogP contribution >= 0.6 is 0 Å². The summed E-state index contributed by atoms with van der Waals surface area (Å²) in [5.74, 6) is 0. The summed E-state index contributed by atoms with van der Waals surface area (Å²) in [5.41, 5.74) is 6.97. The van der Waals surface area contributed by atoms with E-state index in [9.17, 15) is 5.11 Å². The summed E-state index contributed by atoms with van der Waals surface area (Å²) >= 11 is 0. The van der Waals surface area contributed by atoms with E-state index in [1.807, 2.05) is 12.3 Å². The van der Waals surface area contributed by atoms with E-state index in [0.717, 1.165) is 18.4 Å². The molecule has 1 aliphatic rings. The zero-order valence-corrected chi connectivity index (χ0v) is 7.53. The molecule has 0 aromatic carbocycles. The van der Waals surface area contributed by atoms with Crippen molar-refractivity contribution in [3.8, 4) is 0 Å². The molecule has 1 aromatic rings. The number of nitrogens with zero attached hydrogens (tertiary/aromatic N) is 1. The predicted octanol–water partition coefficient (Wildman–Crippen LogP) is 0.564. The van der Waals surface area contributed by atoms with Gasteiger partial charge in [0, 0.05) is 12.4 Å². The summed E-state index contributed by atoms with van der Waals surface area (Å²) < 4.78 is 0. The first kappa shape index (κ1) is 8.66. The SMILES string of the molecule is NCCC1(O)CCc2cnccc21. The fourth-order valence-corrected chi connectivity index (χ4v) is 2.05. The topological polar surface area (TPSA) is 59.1 Å². The minimum Gasteiger partial charge on any atom is -0.385 e. The Morgan fingerprint density at radius 3 is 3.23 bits per heavy atom. The predicted molar refractivity (Wildman–Crippen MR) is 50.1 cm³/mol. The third kappa shape index (κ3) is 1.34. The highest BCUT2D eigenvalue weighted by Gasteiger charge is 2.35. The third-order valence-electron chi connectivity index (χ3n) is 2.77. The van der Waals surface area contributed by atoms with Gasteiger partial charge in [0.05, 0.1) is 5.60 Å². The molecule has 1 aliphatic carbocycles. The Kier molecular flexibility index (Phi) is 2.06. The van der Waals surface area contributed by atoms with E-state index in [1.165, 1.54) is 5.56 Å². The smallest absolute Gasteiger partial charge is 0.0915 e. The fourth-order valence-electron chi connectivity index (χ4n) is 2.05. The minimum atomic E-state index is -0.687. The highest BCUT2D eigenvalue weighted by Crippen LogP contribution is 2.38. The lowest BCUT2D eigenvalue weighted by atomic mass is 9.93. The van der Waals surface area contributed by atoms with Gasteiger partial charge in [-0.2, -0.15) is 0 Å². The molecule has 2 rings (SSSR count). The lowest BCUT2D eigenvalue weighted by molar-refractivity contribution is 0.0320. The molecule has 1 heterocycles. The van der Waals surface area contributed by atoms with E-state index in [4.69, 9.17) is 5.73 Å². The van der Waals surface area contributed by atoms with Crippen LogP contribution in [0.3, 0.4) is 0 Å². The van der Waals surface area contributed by atoms with Crippen molar-refractivity contribution in [1.29, 1.82) is 0 Å². The van der Waals surface area contributed by atoms with Gasteiger partial charge in [-0.3, -0.25) is 4.98 Å². The van der Waals surface area contributed by atoms with Gasteiger partial charge in [-0.1, -0.05) is 0 Å². The van der Waals surface area contributed by atoms with Crippen molar-refractivity contribution < 1.29 is 5.11 Å². The average Bonchev–Trinajstić information content (AvgIpc) is 2.46. The minimum absolute atomic E-state index is 0.526. The number of rotatable bonds is 2. The molecule has 0 aliphatic heterocycles. The first-order valence-corrected chi connectivity index (χ1v) is 4.62. The van der Waals surface area contributed by atoms with Gasteiger partial charge in [0.2, 0.25) is 0 Å². The van der Waals surface area contributed by atoms with Gasteiger partial charge >= 0.3 is 0 Å². The monoisotopic (exact) mass is 178 g/mol. The normalized spacial score (nSPS) is 26.0. The number of aryl methyl sites for hydroxylation is 1. The summed E-state index contributed by atoms with van der Waals surface area (Å²) in [4.78, 5) is 4.04. The molecule has 3 nitrogen and oxygen atoms in total. The lowest BCUT2D eigenvalue weighted by Crippen LogP contribution is -2.25. The summed E-state index contributed by atoms with van der Waals surface area (Å²) in [5, 5.41) is 10.2. The standard InChI is InChI=1S/C10H14N2O/c11-5-4-10(13)3-1-8-7-12-6-2-9(8)10/h2,6-7,13H,1,3-5,11H2. The summed E-state index contributed by atoms with van der Waals surface area (Å²) in [7, 11) is 0. The molecular formula is C10H14N2O. The van der Waals surface area contributed by atoms with E-state index in [1.54, 1.807) is 6.20 Å². The van der Waals surface area contributed by atoms with Crippen molar-refractivity contribution in [3.05, 3.63) is 29.6 Å². The van der Waals surface area contributed by atoms with Crippen LogP contribution in [0.5, 0.6) is 0 Å². The van der Waals surface area contributed by atoms with Crippen LogP contribution in [0.15, 0.2) is 18.5 Å². The van der Waals surface area contributed by atoms with Crippen molar-refractivity contribution in [2.45, 2.75) is 24.9 Å². The fraction of sp³-hybridized carbons (Fsp3) is 0.500. The van der Waals surface area contributed by atoms with Crippen molar-refractivity contribution in [3.63, 3.8) is 0 Å². The molecule has 13 heavy (non-hydrogen) atoms. The Morgan fingerprint density at radius 1 is 1.62 bits per heavy atom. The van der Waals surface area contributed by atoms with Crippen molar-refractivity contribution >= 4 is 0 Å². The average molecular weight is 178 g/mol. The molecule has 0 spiro atoms. The number of hydrogen-bond donors (Lipinski definition) is 2. The van der Waals surface area contributed by atoms with E-state index in [0.29, 0.717) is 13.0 Å². The number of nitrogens with two attached hydrogens (primary N) is 1. The van der Waals surface area contributed by atoms with E-state index in [2.05, 4.69) is 4.98 Å². The number of aromatic nitrogens is 1. The number of pyridine rings is 1. The molecule has 70 valence electrons. The molecule has 3 heteroatoms. The molecule has 0 radical (unpaired) electrons. The van der Waals surface area contributed by atoms with E-state index in [-0.39, 0.29) is 0 Å². The van der Waals surface area contributed by atoms with Crippen LogP contribution in [-0.2, 0) is 12.0 Å². The van der Waals surface area contributed by atoms with Crippen LogP contribution in [0.1, 0.15) is 24.0 Å². The van der Waals surface area contributed by atoms with Crippen LogP contribution in [0, 0.1) is 0 Å². The summed E-state index contributed by atoms with van der Waals surface area (Å²) in [6.07, 6.45) is 5.91. The van der Waals surface area contributed by atoms with Crippen molar-refractivity contribution in [2.75, 3.05) is 6.54 Å². The second-order valence-corrected chi connectivity index (χ2v) is 3.60. The third-order valence-corrected chi connectivity index (χ3v) is 2.77. The quantitative estimate of drug-likeness (QED) is 0.695. The Hall–Kier alpha value is -0.930. The molecule has 1 unspecified atom stereocenters. The molecule has 1 atom stereocenters. The van der Waals surface area contributed by atoms with E-state index >= 15 is 0 Å². The number of fused-ring (bicyclic) bond motifs is 1. The summed E-state index contributed by atoms with van der Waals surface area (Å²) in [6.45, 7) is 0.526. The molecule has 3 N–H and O–H groups in total. The maximum atomic E-state index is 10.2. The zero-order valence-electron chi connectivity index (χ0n) is 7.53. The van der Waals surface area contributed by atoms with Crippen LogP contribution in [0.2, 0.25) is 0 Å². The highest BCUT2D eigenvalue weighted by molar-refractivity contribution is 5.34. The van der Waals surface area contributed by atoms with Gasteiger partial charge < -0.3 is 10.8 Å². The first-order valence-electron chi connectivity index (χ1n) is 4.62. The van der Waals surface area contributed by atoms with Crippen LogP contribution in [0.25, 0.3) is 0 Å². The lowest BCUT2D eigenvalue weighted by Gasteiger charge is -2.22. The van der Waals surface area contributed by atoms with Crippen LogP contribution < -0.4 is 5.73 Å². The first-order chi connectivity index (χ1) is 6.26. The highest BCUT2D eigenvalue weighted by atomic mass is 16.3. The second kappa shape index (κ2) is 3.09. The van der Waals surface area contributed by atoms with Gasteiger partial charge in [-0.25, -0.2) is 0 Å². The van der Waals surface area contributed by atoms with Crippen LogP contribution in [-0.4, -0.2) is 16.6 Å². The van der Waals surface area contributed by atoms with Gasteiger partial charge in [0.1, 0.15) is 0 Å². The molecule has 1 aromatic heterocycles. The number of aliphatic hydroxyl groups is 1. The Labute approximate surface area is 77.6 Å². The molecule has 0 saturated heterocycles. The summed E-state index contributed by atoms with van der Waals surface area (Å²) in [6, 6.07) is 1.90. The van der Waals surface area contributed by atoms with Gasteiger partial charge in [-0.05, 0) is 43.0 Å². The van der Waals surface area contributed by atoms with E-state index < -0.39 is 5.60 Å². The number of hydrogen-bond acceptors (Lipinski definition) is 3. The molecule has 0 amide bonds.